The van der Waals surface area contributed by atoms with Crippen molar-refractivity contribution in [2.45, 2.75) is 145 Å². The summed E-state index contributed by atoms with van der Waals surface area (Å²) in [4.78, 5) is 32.5. The molecule has 6 rings (SSSR count). The van der Waals surface area contributed by atoms with E-state index in [1.807, 2.05) is 24.0 Å². The molecule has 7 nitrogen and oxygen atoms in total. The van der Waals surface area contributed by atoms with Crippen molar-refractivity contribution in [1.82, 2.24) is 9.80 Å². The first-order valence-electron chi connectivity index (χ1n) is 17.2. The maximum absolute atomic E-state index is 14.3. The van der Waals surface area contributed by atoms with E-state index in [4.69, 9.17) is 9.47 Å². The summed E-state index contributed by atoms with van der Waals surface area (Å²) in [6.07, 6.45) is 14.9. The van der Waals surface area contributed by atoms with Gasteiger partial charge in [0, 0.05) is 32.3 Å². The minimum Gasteiger partial charge on any atom is -0.394 e. The summed E-state index contributed by atoms with van der Waals surface area (Å²) in [6, 6.07) is -0.0930. The quantitative estimate of drug-likeness (QED) is 0.385. The minimum absolute atomic E-state index is 0.0345. The van der Waals surface area contributed by atoms with Crippen molar-refractivity contribution in [2.24, 2.45) is 17.8 Å². The SMILES string of the molecule is COC1CCC([Si](C)(C)[C@@H]2[C@@H](CC(=O)N3CC4CCCCC4C[C@H]3CO)O[C@]3(C(=O)N(C)C4=C3CCCC4)[C@H]2C)CC1. The summed E-state index contributed by atoms with van der Waals surface area (Å²) >= 11 is 0. The fraction of sp³-hybridized carbons (Fsp3) is 0.882. The lowest BCUT2D eigenvalue weighted by Gasteiger charge is -2.47. The molecule has 3 heterocycles. The first-order valence-corrected chi connectivity index (χ1v) is 20.4. The molecule has 2 amide bonds. The lowest BCUT2D eigenvalue weighted by Crippen LogP contribution is -2.53. The summed E-state index contributed by atoms with van der Waals surface area (Å²) < 4.78 is 12.9. The molecule has 2 saturated heterocycles. The predicted octanol–water partition coefficient (Wildman–Crippen LogP) is 5.89. The van der Waals surface area contributed by atoms with Gasteiger partial charge < -0.3 is 24.4 Å². The van der Waals surface area contributed by atoms with Crippen LogP contribution in [0.2, 0.25) is 24.2 Å². The predicted molar refractivity (Wildman–Crippen MR) is 167 cm³/mol. The molecule has 0 aromatic heterocycles. The Morgan fingerprint density at radius 3 is 2.43 bits per heavy atom. The summed E-state index contributed by atoms with van der Waals surface area (Å²) in [5.41, 5.74) is 2.34. The van der Waals surface area contributed by atoms with Crippen molar-refractivity contribution >= 4 is 19.9 Å². The maximum atomic E-state index is 14.3. The van der Waals surface area contributed by atoms with Gasteiger partial charge in [-0.05, 0) is 79.9 Å². The molecule has 0 bridgehead atoms. The van der Waals surface area contributed by atoms with Gasteiger partial charge in [-0.25, -0.2) is 0 Å². The molecule has 1 spiro atoms. The highest BCUT2D eigenvalue weighted by molar-refractivity contribution is 6.80. The molecular weight excluding hydrogens is 544 g/mol. The molecule has 3 aliphatic carbocycles. The third-order valence-corrected chi connectivity index (χ3v) is 18.4. The molecule has 3 aliphatic heterocycles. The highest BCUT2D eigenvalue weighted by atomic mass is 28.3. The average molecular weight is 601 g/mol. The van der Waals surface area contributed by atoms with E-state index in [9.17, 15) is 14.7 Å². The Balaban J connectivity index is 1.31. The van der Waals surface area contributed by atoms with Crippen molar-refractivity contribution in [1.29, 1.82) is 0 Å². The number of methoxy groups -OCH3 is 1. The van der Waals surface area contributed by atoms with Crippen LogP contribution in [0.25, 0.3) is 0 Å². The van der Waals surface area contributed by atoms with E-state index in [1.165, 1.54) is 37.0 Å². The van der Waals surface area contributed by atoms with E-state index >= 15 is 0 Å². The number of allylic oxidation sites excluding steroid dienone is 1. The van der Waals surface area contributed by atoms with Crippen LogP contribution in [-0.2, 0) is 19.1 Å². The van der Waals surface area contributed by atoms with Crippen LogP contribution < -0.4 is 0 Å². The van der Waals surface area contributed by atoms with Crippen molar-refractivity contribution in [3.8, 4) is 0 Å². The summed E-state index contributed by atoms with van der Waals surface area (Å²) in [7, 11) is 1.77. The minimum atomic E-state index is -2.00. The van der Waals surface area contributed by atoms with Crippen LogP contribution in [0.3, 0.4) is 0 Å². The Labute approximate surface area is 254 Å². The van der Waals surface area contributed by atoms with Crippen LogP contribution in [0.5, 0.6) is 0 Å². The first-order chi connectivity index (χ1) is 20.1. The highest BCUT2D eigenvalue weighted by Gasteiger charge is 2.67. The zero-order valence-corrected chi connectivity index (χ0v) is 27.9. The molecule has 0 aromatic carbocycles. The largest absolute Gasteiger partial charge is 0.394 e. The van der Waals surface area contributed by atoms with E-state index in [2.05, 4.69) is 20.0 Å². The standard InChI is InChI=1S/C34H56N2O5Si/c1-22-32(42(4,5)27-16-14-26(40-3)15-17-27)30(41-34(22)28-12-8-9-13-29(28)35(2)33(34)39)19-31(38)36-20-24-11-7-6-10-23(24)18-25(36)21-37/h22-27,30,32,37H,6-21H2,1-5H3/t22-,23?,24?,25-,26?,27?,30+,32-,34+/m0/s1. The van der Waals surface area contributed by atoms with Gasteiger partial charge in [0.05, 0.1) is 39.4 Å². The third-order valence-electron chi connectivity index (χ3n) is 13.2. The number of hydrogen-bond acceptors (Lipinski definition) is 5. The van der Waals surface area contributed by atoms with Crippen LogP contribution in [-0.4, -0.2) is 86.0 Å². The van der Waals surface area contributed by atoms with E-state index in [0.29, 0.717) is 29.9 Å². The van der Waals surface area contributed by atoms with E-state index < -0.39 is 13.7 Å². The normalized spacial score (nSPS) is 41.0. The molecule has 2 saturated carbocycles. The van der Waals surface area contributed by atoms with E-state index in [1.54, 1.807) is 0 Å². The Bertz CT molecular complexity index is 1070. The first kappa shape index (κ1) is 30.8. The van der Waals surface area contributed by atoms with Crippen LogP contribution in [0.4, 0.5) is 0 Å². The molecule has 6 aliphatic rings. The number of amides is 2. The monoisotopic (exact) mass is 600 g/mol. The Morgan fingerprint density at radius 1 is 1.05 bits per heavy atom. The average Bonchev–Trinajstić information content (AvgIpc) is 3.42. The number of carbonyl (C=O) groups is 2. The lowest BCUT2D eigenvalue weighted by molar-refractivity contribution is -0.152. The maximum Gasteiger partial charge on any atom is 0.263 e. The van der Waals surface area contributed by atoms with Crippen LogP contribution in [0.15, 0.2) is 11.3 Å². The van der Waals surface area contributed by atoms with Crippen LogP contribution in [0.1, 0.15) is 96.8 Å². The lowest BCUT2D eigenvalue weighted by atomic mass is 9.73. The number of likely N-dealkylation sites (tertiary alicyclic amines) is 1. The van der Waals surface area contributed by atoms with Gasteiger partial charge in [-0.15, -0.1) is 0 Å². The van der Waals surface area contributed by atoms with Gasteiger partial charge in [0.15, 0.2) is 5.60 Å². The van der Waals surface area contributed by atoms with Gasteiger partial charge in [0.1, 0.15) is 0 Å². The second-order valence-electron chi connectivity index (χ2n) is 15.4. The molecule has 0 aromatic rings. The van der Waals surface area contributed by atoms with Gasteiger partial charge in [-0.2, -0.15) is 0 Å². The third kappa shape index (κ3) is 4.95. The van der Waals surface area contributed by atoms with Gasteiger partial charge in [-0.3, -0.25) is 9.59 Å². The summed E-state index contributed by atoms with van der Waals surface area (Å²) in [5, 5.41) is 10.4. The molecular formula is C34H56N2O5Si. The fourth-order valence-electron chi connectivity index (χ4n) is 10.8. The number of nitrogens with zero attached hydrogens (tertiary/aromatic N) is 2. The number of carbonyl (C=O) groups excluding carboxylic acids is 2. The van der Waals surface area contributed by atoms with E-state index in [-0.39, 0.29) is 42.0 Å². The molecule has 236 valence electrons. The number of aliphatic hydroxyl groups excluding tert-OH is 1. The fourth-order valence-corrected chi connectivity index (χ4v) is 15.9. The van der Waals surface area contributed by atoms with Crippen LogP contribution >= 0.6 is 0 Å². The summed E-state index contributed by atoms with van der Waals surface area (Å²) in [5.74, 6) is 1.47. The van der Waals surface area contributed by atoms with Crippen molar-refractivity contribution in [3.05, 3.63) is 11.3 Å². The summed E-state index contributed by atoms with van der Waals surface area (Å²) in [6.45, 7) is 8.13. The number of rotatable bonds is 6. The zero-order chi connectivity index (χ0) is 29.8. The second-order valence-corrected chi connectivity index (χ2v) is 20.5. The number of ether oxygens (including phenoxy) is 2. The molecule has 1 N–H and O–H groups in total. The molecule has 8 heteroatoms. The van der Waals surface area contributed by atoms with Gasteiger partial charge in [0.25, 0.3) is 5.91 Å². The highest BCUT2D eigenvalue weighted by Crippen LogP contribution is 2.61. The second kappa shape index (κ2) is 11.9. The van der Waals surface area contributed by atoms with E-state index in [0.717, 1.165) is 64.3 Å². The van der Waals surface area contributed by atoms with Gasteiger partial charge in [0.2, 0.25) is 5.91 Å². The number of hydrogen-bond donors (Lipinski definition) is 1. The molecule has 2 unspecified atom stereocenters. The Hall–Kier alpha value is -1.22. The molecule has 42 heavy (non-hydrogen) atoms. The molecule has 4 fully saturated rings. The van der Waals surface area contributed by atoms with Crippen molar-refractivity contribution in [3.63, 3.8) is 0 Å². The Morgan fingerprint density at radius 2 is 1.74 bits per heavy atom. The number of aliphatic hydroxyl groups is 1. The van der Waals surface area contributed by atoms with Crippen LogP contribution in [0, 0.1) is 17.8 Å². The van der Waals surface area contributed by atoms with Crippen molar-refractivity contribution in [2.75, 3.05) is 27.3 Å². The van der Waals surface area contributed by atoms with Gasteiger partial charge in [-0.1, -0.05) is 52.1 Å². The Kier molecular flexibility index (Phi) is 8.75. The number of piperidine rings is 1. The zero-order valence-electron chi connectivity index (χ0n) is 26.9. The number of likely N-dealkylation sites (N-methyl/N-ethyl adjacent to an activating group) is 1. The molecule has 7 atom stereocenters. The smallest absolute Gasteiger partial charge is 0.263 e. The topological polar surface area (TPSA) is 79.3 Å². The van der Waals surface area contributed by atoms with Gasteiger partial charge >= 0.3 is 0 Å². The molecule has 0 radical (unpaired) electrons. The van der Waals surface area contributed by atoms with Crippen molar-refractivity contribution < 1.29 is 24.2 Å². The number of fused-ring (bicyclic) bond motifs is 2.